The molecule has 0 amide bonds. The van der Waals surface area contributed by atoms with Gasteiger partial charge in [0.1, 0.15) is 0 Å². The van der Waals surface area contributed by atoms with Gasteiger partial charge in [-0.3, -0.25) is 0 Å². The van der Waals surface area contributed by atoms with Gasteiger partial charge in [-0.1, -0.05) is 24.3 Å². The molecule has 0 saturated carbocycles. The fourth-order valence-corrected chi connectivity index (χ4v) is 5.60. The molecular weight excluding hydrogens is 396 g/mol. The van der Waals surface area contributed by atoms with Gasteiger partial charge in [0.05, 0.1) is 27.7 Å². The molecule has 158 valence electrons. The van der Waals surface area contributed by atoms with Crippen molar-refractivity contribution >= 4 is 15.7 Å². The van der Waals surface area contributed by atoms with E-state index >= 15 is 0 Å². The van der Waals surface area contributed by atoms with Crippen LogP contribution in [0.25, 0.3) is 5.69 Å². The predicted molar refractivity (Wildman–Crippen MR) is 120 cm³/mol. The number of aromatic nitrogens is 2. The SMILES string of the molecule is Cc1ccc(S(=O)(=O)N2CCN(c3c(C)nn(-c4ccccc4)c3C)CC2)cc1C. The lowest BCUT2D eigenvalue weighted by Crippen LogP contribution is -2.49. The van der Waals surface area contributed by atoms with Gasteiger partial charge < -0.3 is 4.90 Å². The van der Waals surface area contributed by atoms with E-state index in [0.717, 1.165) is 33.9 Å². The second-order valence-corrected chi connectivity index (χ2v) is 9.84. The minimum Gasteiger partial charge on any atom is -0.366 e. The van der Waals surface area contributed by atoms with E-state index in [0.29, 0.717) is 31.1 Å². The third-order valence-electron chi connectivity index (χ3n) is 5.92. The largest absolute Gasteiger partial charge is 0.366 e. The van der Waals surface area contributed by atoms with Crippen molar-refractivity contribution in [3.05, 3.63) is 71.0 Å². The Labute approximate surface area is 178 Å². The number of para-hydroxylation sites is 1. The zero-order chi connectivity index (χ0) is 21.5. The van der Waals surface area contributed by atoms with E-state index in [9.17, 15) is 8.42 Å². The number of aryl methyl sites for hydroxylation is 3. The van der Waals surface area contributed by atoms with E-state index in [1.165, 1.54) is 0 Å². The summed E-state index contributed by atoms with van der Waals surface area (Å²) >= 11 is 0. The molecule has 0 radical (unpaired) electrons. The van der Waals surface area contributed by atoms with Crippen LogP contribution in [0.5, 0.6) is 0 Å². The highest BCUT2D eigenvalue weighted by Crippen LogP contribution is 2.29. The highest BCUT2D eigenvalue weighted by atomic mass is 32.2. The van der Waals surface area contributed by atoms with Crippen LogP contribution >= 0.6 is 0 Å². The van der Waals surface area contributed by atoms with Gasteiger partial charge in [0.25, 0.3) is 0 Å². The van der Waals surface area contributed by atoms with E-state index in [2.05, 4.69) is 11.8 Å². The third-order valence-corrected chi connectivity index (χ3v) is 7.82. The maximum Gasteiger partial charge on any atom is 0.243 e. The first kappa shape index (κ1) is 20.6. The van der Waals surface area contributed by atoms with Crippen molar-refractivity contribution in [3.8, 4) is 5.69 Å². The molecule has 0 bridgehead atoms. The fraction of sp³-hybridized carbons (Fsp3) is 0.348. The molecule has 1 fully saturated rings. The molecule has 0 spiro atoms. The van der Waals surface area contributed by atoms with Crippen LogP contribution in [-0.2, 0) is 10.0 Å². The summed E-state index contributed by atoms with van der Waals surface area (Å²) in [6, 6.07) is 15.4. The Balaban J connectivity index is 1.54. The topological polar surface area (TPSA) is 58.4 Å². The lowest BCUT2D eigenvalue weighted by Gasteiger charge is -2.35. The summed E-state index contributed by atoms with van der Waals surface area (Å²) < 4.78 is 29.8. The predicted octanol–water partition coefficient (Wildman–Crippen LogP) is 3.62. The summed E-state index contributed by atoms with van der Waals surface area (Å²) in [5.74, 6) is 0. The number of piperazine rings is 1. The Morgan fingerprint density at radius 3 is 2.13 bits per heavy atom. The zero-order valence-electron chi connectivity index (χ0n) is 18.0. The van der Waals surface area contributed by atoms with Crippen molar-refractivity contribution < 1.29 is 8.42 Å². The molecule has 1 aliphatic heterocycles. The van der Waals surface area contributed by atoms with E-state index in [4.69, 9.17) is 5.10 Å². The molecule has 1 aliphatic rings. The van der Waals surface area contributed by atoms with Crippen molar-refractivity contribution in [1.82, 2.24) is 14.1 Å². The number of sulfonamides is 1. The van der Waals surface area contributed by atoms with E-state index in [1.54, 1.807) is 16.4 Å². The lowest BCUT2D eigenvalue weighted by molar-refractivity contribution is 0.384. The average Bonchev–Trinajstić information content (AvgIpc) is 3.04. The van der Waals surface area contributed by atoms with Gasteiger partial charge in [-0.15, -0.1) is 0 Å². The average molecular weight is 425 g/mol. The summed E-state index contributed by atoms with van der Waals surface area (Å²) in [4.78, 5) is 2.63. The molecule has 1 aromatic heterocycles. The minimum absolute atomic E-state index is 0.378. The zero-order valence-corrected chi connectivity index (χ0v) is 18.8. The maximum absolute atomic E-state index is 13.1. The van der Waals surface area contributed by atoms with Gasteiger partial charge in [-0.25, -0.2) is 13.1 Å². The molecule has 0 unspecified atom stereocenters. The molecule has 7 heteroatoms. The molecule has 6 nitrogen and oxygen atoms in total. The lowest BCUT2D eigenvalue weighted by atomic mass is 10.1. The van der Waals surface area contributed by atoms with Gasteiger partial charge in [0.15, 0.2) is 0 Å². The van der Waals surface area contributed by atoms with Crippen molar-refractivity contribution in [3.63, 3.8) is 0 Å². The second kappa shape index (κ2) is 7.89. The molecule has 2 heterocycles. The summed E-state index contributed by atoms with van der Waals surface area (Å²) in [6.07, 6.45) is 0. The number of benzene rings is 2. The number of anilines is 1. The van der Waals surface area contributed by atoms with Crippen LogP contribution < -0.4 is 4.90 Å². The van der Waals surface area contributed by atoms with E-state index in [-0.39, 0.29) is 0 Å². The summed E-state index contributed by atoms with van der Waals surface area (Å²) in [5, 5.41) is 4.73. The first-order chi connectivity index (χ1) is 14.3. The van der Waals surface area contributed by atoms with Crippen LogP contribution in [0.2, 0.25) is 0 Å². The van der Waals surface area contributed by atoms with Crippen molar-refractivity contribution in [2.24, 2.45) is 0 Å². The Kier molecular flexibility index (Phi) is 5.42. The van der Waals surface area contributed by atoms with Gasteiger partial charge in [-0.2, -0.15) is 9.40 Å². The normalized spacial score (nSPS) is 15.5. The minimum atomic E-state index is -3.48. The monoisotopic (exact) mass is 424 g/mol. The molecule has 0 N–H and O–H groups in total. The molecule has 0 atom stereocenters. The fourth-order valence-electron chi connectivity index (χ4n) is 4.09. The van der Waals surface area contributed by atoms with Gasteiger partial charge in [0, 0.05) is 26.2 Å². The molecule has 30 heavy (non-hydrogen) atoms. The van der Waals surface area contributed by atoms with Crippen LogP contribution in [0.1, 0.15) is 22.5 Å². The summed E-state index contributed by atoms with van der Waals surface area (Å²) in [5.41, 5.74) is 6.25. The molecular formula is C23H28N4O2S. The van der Waals surface area contributed by atoms with E-state index in [1.807, 2.05) is 61.9 Å². The highest BCUT2D eigenvalue weighted by molar-refractivity contribution is 7.89. The smallest absolute Gasteiger partial charge is 0.243 e. The maximum atomic E-state index is 13.1. The van der Waals surface area contributed by atoms with Crippen LogP contribution in [0.15, 0.2) is 53.4 Å². The van der Waals surface area contributed by atoms with Gasteiger partial charge >= 0.3 is 0 Å². The van der Waals surface area contributed by atoms with Crippen LogP contribution in [0.3, 0.4) is 0 Å². The van der Waals surface area contributed by atoms with Crippen LogP contribution in [0.4, 0.5) is 5.69 Å². The first-order valence-electron chi connectivity index (χ1n) is 10.2. The standard InChI is InChI=1S/C23H28N4O2S/c1-17-10-11-22(16-18(17)2)30(28,29)26-14-12-25(13-15-26)23-19(3)24-27(20(23)4)21-8-6-5-7-9-21/h5-11,16H,12-15H2,1-4H3. The second-order valence-electron chi connectivity index (χ2n) is 7.90. The molecule has 3 aromatic rings. The summed E-state index contributed by atoms with van der Waals surface area (Å²) in [7, 11) is -3.48. The van der Waals surface area contributed by atoms with Crippen LogP contribution in [0, 0.1) is 27.7 Å². The van der Waals surface area contributed by atoms with Gasteiger partial charge in [0.2, 0.25) is 10.0 Å². The molecule has 4 rings (SSSR count). The Morgan fingerprint density at radius 1 is 0.833 bits per heavy atom. The molecule has 1 saturated heterocycles. The van der Waals surface area contributed by atoms with Crippen molar-refractivity contribution in [2.75, 3.05) is 31.1 Å². The molecule has 2 aromatic carbocycles. The highest BCUT2D eigenvalue weighted by Gasteiger charge is 2.30. The van der Waals surface area contributed by atoms with Gasteiger partial charge in [-0.05, 0) is 63.1 Å². The Morgan fingerprint density at radius 2 is 1.50 bits per heavy atom. The quantitative estimate of drug-likeness (QED) is 0.642. The van der Waals surface area contributed by atoms with Crippen LogP contribution in [-0.4, -0.2) is 48.7 Å². The number of hydrogen-bond donors (Lipinski definition) is 0. The Hall–Kier alpha value is -2.64. The number of rotatable bonds is 4. The first-order valence-corrected chi connectivity index (χ1v) is 11.7. The number of nitrogens with zero attached hydrogens (tertiary/aromatic N) is 4. The van der Waals surface area contributed by atoms with Crippen molar-refractivity contribution in [1.29, 1.82) is 0 Å². The third kappa shape index (κ3) is 3.63. The summed E-state index contributed by atoms with van der Waals surface area (Å²) in [6.45, 7) is 10.2. The van der Waals surface area contributed by atoms with E-state index < -0.39 is 10.0 Å². The molecule has 0 aliphatic carbocycles. The number of hydrogen-bond acceptors (Lipinski definition) is 4. The van der Waals surface area contributed by atoms with Crippen molar-refractivity contribution in [2.45, 2.75) is 32.6 Å². The Bertz CT molecular complexity index is 1160.